The van der Waals surface area contributed by atoms with Crippen LogP contribution in [0.5, 0.6) is 0 Å². The van der Waals surface area contributed by atoms with Crippen LogP contribution in [-0.2, 0) is 0 Å². The maximum atomic E-state index is 10.6. The van der Waals surface area contributed by atoms with Gasteiger partial charge in [-0.05, 0) is 29.6 Å². The molecule has 0 radical (unpaired) electrons. The number of nitrogens with zero attached hydrogens (tertiary/aromatic N) is 3. The summed E-state index contributed by atoms with van der Waals surface area (Å²) in [5, 5.41) is 31.4. The van der Waals surface area contributed by atoms with Crippen molar-refractivity contribution < 1.29 is 20.1 Å². The third kappa shape index (κ3) is 3.74. The molecule has 2 atom stereocenters. The van der Waals surface area contributed by atoms with Crippen molar-refractivity contribution in [3.05, 3.63) is 45.8 Å². The third-order valence-electron chi connectivity index (χ3n) is 2.45. The number of benzene rings is 1. The SMILES string of the molecule is [N-]=[N+]=NCCC(O)C(O)c1ccc(C(=O)O)cc1. The summed E-state index contributed by atoms with van der Waals surface area (Å²) >= 11 is 0. The summed E-state index contributed by atoms with van der Waals surface area (Å²) in [5.41, 5.74) is 8.59. The van der Waals surface area contributed by atoms with Crippen LogP contribution in [0.2, 0.25) is 0 Å². The number of aromatic carboxylic acids is 1. The Kier molecular flexibility index (Phi) is 5.13. The van der Waals surface area contributed by atoms with E-state index in [1.165, 1.54) is 24.3 Å². The number of aliphatic hydroxyl groups is 2. The number of aliphatic hydroxyl groups excluding tert-OH is 2. The van der Waals surface area contributed by atoms with Gasteiger partial charge in [-0.15, -0.1) is 0 Å². The molecule has 1 aromatic carbocycles. The molecular formula is C11H13N3O4. The van der Waals surface area contributed by atoms with E-state index in [0.29, 0.717) is 5.56 Å². The monoisotopic (exact) mass is 251 g/mol. The summed E-state index contributed by atoms with van der Waals surface area (Å²) in [6.07, 6.45) is -2.07. The van der Waals surface area contributed by atoms with Crippen LogP contribution in [0.15, 0.2) is 29.4 Å². The summed E-state index contributed by atoms with van der Waals surface area (Å²) in [6.45, 7) is 0.0853. The molecule has 0 aliphatic heterocycles. The summed E-state index contributed by atoms with van der Waals surface area (Å²) in [6, 6.07) is 5.57. The molecule has 0 aliphatic carbocycles. The predicted molar refractivity (Wildman–Crippen MR) is 63.0 cm³/mol. The average Bonchev–Trinajstić information content (AvgIpc) is 2.38. The molecule has 0 spiro atoms. The molecule has 3 N–H and O–H groups in total. The number of carboxylic acid groups (broad SMARTS) is 1. The van der Waals surface area contributed by atoms with Gasteiger partial charge in [-0.1, -0.05) is 17.2 Å². The molecular weight excluding hydrogens is 238 g/mol. The molecule has 18 heavy (non-hydrogen) atoms. The van der Waals surface area contributed by atoms with Gasteiger partial charge in [-0.3, -0.25) is 0 Å². The van der Waals surface area contributed by atoms with Crippen molar-refractivity contribution in [1.29, 1.82) is 0 Å². The van der Waals surface area contributed by atoms with Gasteiger partial charge in [0.25, 0.3) is 0 Å². The van der Waals surface area contributed by atoms with Crippen molar-refractivity contribution in [2.75, 3.05) is 6.54 Å². The minimum atomic E-state index is -1.14. The van der Waals surface area contributed by atoms with E-state index in [9.17, 15) is 15.0 Å². The number of carboxylic acids is 1. The lowest BCUT2D eigenvalue weighted by Gasteiger charge is -2.17. The van der Waals surface area contributed by atoms with Crippen LogP contribution in [0.4, 0.5) is 0 Å². The van der Waals surface area contributed by atoms with E-state index in [1.54, 1.807) is 0 Å². The Labute approximate surface area is 103 Å². The maximum Gasteiger partial charge on any atom is 0.335 e. The zero-order chi connectivity index (χ0) is 13.5. The molecule has 0 saturated heterocycles. The molecule has 7 heteroatoms. The highest BCUT2D eigenvalue weighted by molar-refractivity contribution is 5.87. The Morgan fingerprint density at radius 2 is 1.94 bits per heavy atom. The topological polar surface area (TPSA) is 127 Å². The number of hydrogen-bond acceptors (Lipinski definition) is 4. The highest BCUT2D eigenvalue weighted by Crippen LogP contribution is 2.19. The van der Waals surface area contributed by atoms with Crippen molar-refractivity contribution in [1.82, 2.24) is 0 Å². The van der Waals surface area contributed by atoms with E-state index in [-0.39, 0.29) is 18.5 Å². The fraction of sp³-hybridized carbons (Fsp3) is 0.364. The van der Waals surface area contributed by atoms with Gasteiger partial charge in [0.15, 0.2) is 0 Å². The van der Waals surface area contributed by atoms with Gasteiger partial charge in [-0.25, -0.2) is 4.79 Å². The zero-order valence-corrected chi connectivity index (χ0v) is 9.47. The molecule has 0 bridgehead atoms. The molecule has 0 amide bonds. The minimum Gasteiger partial charge on any atom is -0.478 e. The Morgan fingerprint density at radius 3 is 2.44 bits per heavy atom. The average molecular weight is 251 g/mol. The Morgan fingerprint density at radius 1 is 1.33 bits per heavy atom. The molecule has 0 heterocycles. The number of carbonyl (C=O) groups is 1. The summed E-state index contributed by atoms with van der Waals surface area (Å²) < 4.78 is 0. The van der Waals surface area contributed by atoms with Gasteiger partial charge in [0.2, 0.25) is 0 Å². The van der Waals surface area contributed by atoms with E-state index >= 15 is 0 Å². The van der Waals surface area contributed by atoms with Gasteiger partial charge in [-0.2, -0.15) is 0 Å². The Bertz CT molecular complexity index is 454. The van der Waals surface area contributed by atoms with E-state index in [1.807, 2.05) is 0 Å². The van der Waals surface area contributed by atoms with Gasteiger partial charge >= 0.3 is 5.97 Å². The summed E-state index contributed by atoms with van der Waals surface area (Å²) in [5.74, 6) is -1.06. The Balaban J connectivity index is 2.68. The zero-order valence-electron chi connectivity index (χ0n) is 9.47. The van der Waals surface area contributed by atoms with E-state index in [4.69, 9.17) is 10.6 Å². The van der Waals surface area contributed by atoms with Crippen molar-refractivity contribution in [3.63, 3.8) is 0 Å². The van der Waals surface area contributed by atoms with Crippen molar-refractivity contribution >= 4 is 5.97 Å². The smallest absolute Gasteiger partial charge is 0.335 e. The number of rotatable bonds is 6. The lowest BCUT2D eigenvalue weighted by atomic mass is 10.0. The molecule has 1 aromatic rings. The molecule has 1 rings (SSSR count). The molecule has 7 nitrogen and oxygen atoms in total. The standard InChI is InChI=1S/C11H13N3O4/c12-14-13-6-5-9(15)10(16)7-1-3-8(4-2-7)11(17)18/h1-4,9-10,15-16H,5-6H2,(H,17,18). The first-order valence-electron chi connectivity index (χ1n) is 5.26. The Hall–Kier alpha value is -2.08. The van der Waals surface area contributed by atoms with Crippen molar-refractivity contribution in [2.24, 2.45) is 5.11 Å². The molecule has 0 saturated carbocycles. The third-order valence-corrected chi connectivity index (χ3v) is 2.45. The van der Waals surface area contributed by atoms with Crippen molar-refractivity contribution in [3.8, 4) is 0 Å². The quantitative estimate of drug-likeness (QED) is 0.402. The number of azide groups is 1. The maximum absolute atomic E-state index is 10.6. The van der Waals surface area contributed by atoms with Crippen LogP contribution in [0, 0.1) is 0 Å². The largest absolute Gasteiger partial charge is 0.478 e. The fourth-order valence-electron chi connectivity index (χ4n) is 1.44. The van der Waals surface area contributed by atoms with Crippen LogP contribution in [0.25, 0.3) is 10.4 Å². The second-order valence-electron chi connectivity index (χ2n) is 3.68. The predicted octanol–water partition coefficient (Wildman–Crippen LogP) is 1.48. The van der Waals surface area contributed by atoms with Crippen LogP contribution >= 0.6 is 0 Å². The second kappa shape index (κ2) is 6.61. The summed E-state index contributed by atoms with van der Waals surface area (Å²) in [4.78, 5) is 13.2. The number of hydrogen-bond donors (Lipinski definition) is 3. The van der Waals surface area contributed by atoms with Crippen LogP contribution in [0.3, 0.4) is 0 Å². The van der Waals surface area contributed by atoms with Gasteiger partial charge in [0.05, 0.1) is 11.7 Å². The van der Waals surface area contributed by atoms with Gasteiger partial charge in [0.1, 0.15) is 6.10 Å². The van der Waals surface area contributed by atoms with Gasteiger partial charge < -0.3 is 15.3 Å². The lowest BCUT2D eigenvalue weighted by molar-refractivity contribution is 0.0150. The van der Waals surface area contributed by atoms with Crippen LogP contribution in [0.1, 0.15) is 28.4 Å². The molecule has 2 unspecified atom stereocenters. The van der Waals surface area contributed by atoms with Crippen molar-refractivity contribution in [2.45, 2.75) is 18.6 Å². The van der Waals surface area contributed by atoms with E-state index in [0.717, 1.165) is 0 Å². The highest BCUT2D eigenvalue weighted by Gasteiger charge is 2.18. The molecule has 0 fully saturated rings. The summed E-state index contributed by atoms with van der Waals surface area (Å²) in [7, 11) is 0. The lowest BCUT2D eigenvalue weighted by Crippen LogP contribution is -2.19. The molecule has 0 aliphatic rings. The molecule has 0 aromatic heterocycles. The first-order chi connectivity index (χ1) is 8.56. The van der Waals surface area contributed by atoms with E-state index in [2.05, 4.69) is 10.0 Å². The highest BCUT2D eigenvalue weighted by atomic mass is 16.4. The molecule has 96 valence electrons. The minimum absolute atomic E-state index is 0.0853. The van der Waals surface area contributed by atoms with Crippen LogP contribution < -0.4 is 0 Å². The second-order valence-corrected chi connectivity index (χ2v) is 3.68. The first-order valence-corrected chi connectivity index (χ1v) is 5.26. The normalized spacial score (nSPS) is 13.4. The van der Waals surface area contributed by atoms with Gasteiger partial charge in [0, 0.05) is 11.5 Å². The fourth-order valence-corrected chi connectivity index (χ4v) is 1.44. The van der Waals surface area contributed by atoms with E-state index < -0.39 is 18.2 Å². The van der Waals surface area contributed by atoms with Crippen LogP contribution in [-0.4, -0.2) is 33.9 Å². The first kappa shape index (κ1) is 14.0.